The van der Waals surface area contributed by atoms with E-state index in [1.54, 1.807) is 6.07 Å². The van der Waals surface area contributed by atoms with Crippen LogP contribution in [0.3, 0.4) is 0 Å². The SMILES string of the molecule is Cc1cc(F)ccc1CNCC1(CO)COC1. The highest BCUT2D eigenvalue weighted by Crippen LogP contribution is 2.25. The molecule has 1 aliphatic heterocycles. The van der Waals surface area contributed by atoms with Gasteiger partial charge in [0.05, 0.1) is 25.2 Å². The van der Waals surface area contributed by atoms with Crippen LogP contribution in [-0.4, -0.2) is 31.5 Å². The molecule has 0 amide bonds. The third-order valence-electron chi connectivity index (χ3n) is 3.27. The number of hydrogen-bond acceptors (Lipinski definition) is 3. The summed E-state index contributed by atoms with van der Waals surface area (Å²) in [5.41, 5.74) is 1.91. The van der Waals surface area contributed by atoms with Crippen molar-refractivity contribution < 1.29 is 14.2 Å². The molecule has 0 spiro atoms. The first-order valence-corrected chi connectivity index (χ1v) is 5.80. The van der Waals surface area contributed by atoms with Gasteiger partial charge in [0.15, 0.2) is 0 Å². The number of hydrogen-bond donors (Lipinski definition) is 2. The van der Waals surface area contributed by atoms with Crippen molar-refractivity contribution in [2.45, 2.75) is 13.5 Å². The summed E-state index contributed by atoms with van der Waals surface area (Å²) in [5.74, 6) is -0.203. The summed E-state index contributed by atoms with van der Waals surface area (Å²) in [6.07, 6.45) is 0. The summed E-state index contributed by atoms with van der Waals surface area (Å²) < 4.78 is 18.0. The number of halogens is 1. The molecular formula is C13H18FNO2. The minimum absolute atomic E-state index is 0.117. The van der Waals surface area contributed by atoms with E-state index in [4.69, 9.17) is 4.74 Å². The Bertz CT molecular complexity index is 385. The topological polar surface area (TPSA) is 41.5 Å². The standard InChI is InChI=1S/C13H18FNO2/c1-10-4-12(14)3-2-11(10)5-15-6-13(7-16)8-17-9-13/h2-4,15-16H,5-9H2,1H3. The van der Waals surface area contributed by atoms with Gasteiger partial charge in [0, 0.05) is 13.1 Å². The number of ether oxygens (including phenoxy) is 1. The van der Waals surface area contributed by atoms with E-state index in [1.165, 1.54) is 12.1 Å². The van der Waals surface area contributed by atoms with Crippen molar-refractivity contribution in [3.05, 3.63) is 35.1 Å². The number of nitrogens with one attached hydrogen (secondary N) is 1. The lowest BCUT2D eigenvalue weighted by atomic mass is 9.87. The Morgan fingerprint density at radius 1 is 1.47 bits per heavy atom. The van der Waals surface area contributed by atoms with Gasteiger partial charge in [-0.3, -0.25) is 0 Å². The molecule has 0 atom stereocenters. The molecule has 1 fully saturated rings. The van der Waals surface area contributed by atoms with Crippen LogP contribution in [0.15, 0.2) is 18.2 Å². The van der Waals surface area contributed by atoms with Crippen LogP contribution in [0.25, 0.3) is 0 Å². The predicted octanol–water partition coefficient (Wildman–Crippen LogP) is 1.23. The fraction of sp³-hybridized carbons (Fsp3) is 0.538. The van der Waals surface area contributed by atoms with Crippen molar-refractivity contribution >= 4 is 0 Å². The van der Waals surface area contributed by atoms with Crippen molar-refractivity contribution in [3.8, 4) is 0 Å². The Hall–Kier alpha value is -0.970. The zero-order chi connectivity index (χ0) is 12.3. The van der Waals surface area contributed by atoms with Gasteiger partial charge >= 0.3 is 0 Å². The Balaban J connectivity index is 1.85. The van der Waals surface area contributed by atoms with E-state index < -0.39 is 0 Å². The summed E-state index contributed by atoms with van der Waals surface area (Å²) in [6, 6.07) is 4.80. The van der Waals surface area contributed by atoms with E-state index in [-0.39, 0.29) is 17.8 Å². The Morgan fingerprint density at radius 3 is 2.76 bits per heavy atom. The monoisotopic (exact) mass is 239 g/mol. The van der Waals surface area contributed by atoms with E-state index in [2.05, 4.69) is 5.32 Å². The first-order chi connectivity index (χ1) is 8.15. The number of rotatable bonds is 5. The largest absolute Gasteiger partial charge is 0.396 e. The summed E-state index contributed by atoms with van der Waals surface area (Å²) >= 11 is 0. The first-order valence-electron chi connectivity index (χ1n) is 5.80. The fourth-order valence-corrected chi connectivity index (χ4v) is 1.96. The predicted molar refractivity (Wildman–Crippen MR) is 63.2 cm³/mol. The maximum Gasteiger partial charge on any atom is 0.123 e. The van der Waals surface area contributed by atoms with Crippen molar-refractivity contribution in [3.63, 3.8) is 0 Å². The van der Waals surface area contributed by atoms with Crippen molar-refractivity contribution in [2.75, 3.05) is 26.4 Å². The molecule has 1 aromatic rings. The van der Waals surface area contributed by atoms with E-state index in [1.807, 2.05) is 6.92 Å². The molecule has 2 rings (SSSR count). The molecule has 94 valence electrons. The summed E-state index contributed by atoms with van der Waals surface area (Å²) in [6.45, 7) is 4.67. The lowest BCUT2D eigenvalue weighted by Gasteiger charge is -2.40. The molecule has 0 saturated carbocycles. The second-order valence-corrected chi connectivity index (χ2v) is 4.83. The van der Waals surface area contributed by atoms with Gasteiger partial charge in [-0.2, -0.15) is 0 Å². The zero-order valence-electron chi connectivity index (χ0n) is 10.0. The molecule has 0 aromatic heterocycles. The quantitative estimate of drug-likeness (QED) is 0.812. The average molecular weight is 239 g/mol. The molecule has 4 heteroatoms. The molecule has 2 N–H and O–H groups in total. The Kier molecular flexibility index (Phi) is 3.76. The molecule has 0 aliphatic carbocycles. The lowest BCUT2D eigenvalue weighted by molar-refractivity contribution is -0.134. The van der Waals surface area contributed by atoms with Crippen LogP contribution in [0.4, 0.5) is 4.39 Å². The van der Waals surface area contributed by atoms with Gasteiger partial charge in [-0.05, 0) is 30.2 Å². The Labute approximate surface area is 101 Å². The van der Waals surface area contributed by atoms with Gasteiger partial charge in [0.25, 0.3) is 0 Å². The van der Waals surface area contributed by atoms with Gasteiger partial charge in [0.1, 0.15) is 5.82 Å². The molecule has 3 nitrogen and oxygen atoms in total. The summed E-state index contributed by atoms with van der Waals surface area (Å²) in [4.78, 5) is 0. The lowest BCUT2D eigenvalue weighted by Crippen LogP contribution is -2.52. The van der Waals surface area contributed by atoms with Crippen LogP contribution >= 0.6 is 0 Å². The number of aliphatic hydroxyl groups excluding tert-OH is 1. The average Bonchev–Trinajstić information content (AvgIpc) is 2.25. The van der Waals surface area contributed by atoms with Crippen LogP contribution in [0.2, 0.25) is 0 Å². The number of benzene rings is 1. The van der Waals surface area contributed by atoms with E-state index in [0.29, 0.717) is 19.8 Å². The third-order valence-corrected chi connectivity index (χ3v) is 3.27. The van der Waals surface area contributed by atoms with Gasteiger partial charge < -0.3 is 15.2 Å². The molecule has 1 aliphatic rings. The van der Waals surface area contributed by atoms with Gasteiger partial charge in [-0.25, -0.2) is 4.39 Å². The number of aryl methyl sites for hydroxylation is 1. The van der Waals surface area contributed by atoms with Crippen LogP contribution in [0, 0.1) is 18.2 Å². The maximum atomic E-state index is 12.9. The molecule has 17 heavy (non-hydrogen) atoms. The molecule has 1 aromatic carbocycles. The second kappa shape index (κ2) is 5.12. The fourth-order valence-electron chi connectivity index (χ4n) is 1.96. The molecule has 1 heterocycles. The normalized spacial score (nSPS) is 17.8. The maximum absolute atomic E-state index is 12.9. The van der Waals surface area contributed by atoms with E-state index in [9.17, 15) is 9.50 Å². The zero-order valence-corrected chi connectivity index (χ0v) is 10.0. The summed E-state index contributed by atoms with van der Waals surface area (Å²) in [5, 5.41) is 12.5. The van der Waals surface area contributed by atoms with Crippen molar-refractivity contribution in [1.82, 2.24) is 5.32 Å². The Morgan fingerprint density at radius 2 is 2.24 bits per heavy atom. The van der Waals surface area contributed by atoms with Crippen LogP contribution < -0.4 is 5.32 Å². The molecule has 0 radical (unpaired) electrons. The van der Waals surface area contributed by atoms with E-state index >= 15 is 0 Å². The van der Waals surface area contributed by atoms with Crippen LogP contribution in [0.5, 0.6) is 0 Å². The smallest absolute Gasteiger partial charge is 0.123 e. The third kappa shape index (κ3) is 2.83. The highest BCUT2D eigenvalue weighted by atomic mass is 19.1. The minimum Gasteiger partial charge on any atom is -0.396 e. The van der Waals surface area contributed by atoms with Crippen molar-refractivity contribution in [2.24, 2.45) is 5.41 Å². The molecule has 1 saturated heterocycles. The number of aliphatic hydroxyl groups is 1. The molecule has 0 bridgehead atoms. The van der Waals surface area contributed by atoms with Gasteiger partial charge in [0.2, 0.25) is 0 Å². The van der Waals surface area contributed by atoms with Gasteiger partial charge in [-0.15, -0.1) is 0 Å². The highest BCUT2D eigenvalue weighted by molar-refractivity contribution is 5.26. The van der Waals surface area contributed by atoms with Crippen LogP contribution in [0.1, 0.15) is 11.1 Å². The van der Waals surface area contributed by atoms with Crippen molar-refractivity contribution in [1.29, 1.82) is 0 Å². The molecule has 0 unspecified atom stereocenters. The first kappa shape index (κ1) is 12.5. The second-order valence-electron chi connectivity index (χ2n) is 4.83. The highest BCUT2D eigenvalue weighted by Gasteiger charge is 2.37. The molecular weight excluding hydrogens is 221 g/mol. The van der Waals surface area contributed by atoms with Gasteiger partial charge in [-0.1, -0.05) is 6.07 Å². The van der Waals surface area contributed by atoms with Crippen LogP contribution in [-0.2, 0) is 11.3 Å². The minimum atomic E-state index is -0.203. The summed E-state index contributed by atoms with van der Waals surface area (Å²) in [7, 11) is 0. The van der Waals surface area contributed by atoms with E-state index in [0.717, 1.165) is 17.7 Å².